The Morgan fingerprint density at radius 2 is 1.84 bits per heavy atom. The fraction of sp³-hybridized carbons (Fsp3) is 0. The molecular weight excluding hydrogens is 270 g/mol. The second-order valence-corrected chi connectivity index (χ2v) is 5.44. The molecule has 1 aromatic heterocycles. The molecule has 19 heavy (non-hydrogen) atoms. The van der Waals surface area contributed by atoms with Crippen molar-refractivity contribution in [3.8, 4) is 0 Å². The summed E-state index contributed by atoms with van der Waals surface area (Å²) in [5.41, 5.74) is -0.409. The largest absolute Gasteiger partial charge is 0.478 e. The van der Waals surface area contributed by atoms with Gasteiger partial charge in [0.15, 0.2) is 6.29 Å². The highest BCUT2D eigenvalue weighted by Gasteiger charge is 2.24. The van der Waals surface area contributed by atoms with Gasteiger partial charge in [0.05, 0.1) is 11.3 Å². The lowest BCUT2D eigenvalue weighted by Gasteiger charge is -2.09. The van der Waals surface area contributed by atoms with E-state index < -0.39 is 16.0 Å². The minimum atomic E-state index is -4.11. The van der Waals surface area contributed by atoms with E-state index in [9.17, 15) is 18.0 Å². The molecule has 0 amide bonds. The van der Waals surface area contributed by atoms with Crippen molar-refractivity contribution in [2.45, 2.75) is 4.90 Å². The molecule has 0 unspecified atom stereocenters. The highest BCUT2D eigenvalue weighted by molar-refractivity contribution is 7.90. The van der Waals surface area contributed by atoms with Gasteiger partial charge in [-0.1, -0.05) is 12.1 Å². The molecule has 7 heteroatoms. The molecule has 2 rings (SSSR count). The summed E-state index contributed by atoms with van der Waals surface area (Å²) in [4.78, 5) is 21.5. The third kappa shape index (κ3) is 2.15. The number of carbonyl (C=O) groups excluding carboxylic acids is 1. The molecule has 0 aliphatic rings. The lowest BCUT2D eigenvalue weighted by Crippen LogP contribution is -2.17. The minimum Gasteiger partial charge on any atom is -0.478 e. The zero-order valence-corrected chi connectivity index (χ0v) is 10.4. The van der Waals surface area contributed by atoms with Crippen molar-refractivity contribution in [3.05, 3.63) is 53.9 Å². The van der Waals surface area contributed by atoms with Crippen molar-refractivity contribution >= 4 is 22.3 Å². The second-order valence-electron chi connectivity index (χ2n) is 3.65. The average molecular weight is 279 g/mol. The van der Waals surface area contributed by atoms with Crippen LogP contribution in [0.1, 0.15) is 20.8 Å². The predicted octanol–water partition coefficient (Wildman–Crippen LogP) is 1.24. The smallest absolute Gasteiger partial charge is 0.337 e. The zero-order valence-electron chi connectivity index (χ0n) is 9.55. The Kier molecular flexibility index (Phi) is 3.22. The van der Waals surface area contributed by atoms with Gasteiger partial charge in [-0.05, 0) is 24.3 Å². The van der Waals surface area contributed by atoms with Crippen LogP contribution in [0.4, 0.5) is 0 Å². The molecular formula is C12H9NO5S. The van der Waals surface area contributed by atoms with Gasteiger partial charge in [-0.25, -0.2) is 17.2 Å². The molecule has 0 spiro atoms. The van der Waals surface area contributed by atoms with Crippen LogP contribution >= 0.6 is 0 Å². The summed E-state index contributed by atoms with van der Waals surface area (Å²) in [6.45, 7) is 0. The van der Waals surface area contributed by atoms with E-state index in [1.165, 1.54) is 42.6 Å². The molecule has 0 aliphatic heterocycles. The maximum absolute atomic E-state index is 12.3. The van der Waals surface area contributed by atoms with Crippen molar-refractivity contribution in [3.63, 3.8) is 0 Å². The molecule has 0 aliphatic carbocycles. The van der Waals surface area contributed by atoms with Crippen LogP contribution in [-0.4, -0.2) is 29.8 Å². The van der Waals surface area contributed by atoms with Gasteiger partial charge in [0.25, 0.3) is 10.0 Å². The maximum Gasteiger partial charge on any atom is 0.337 e. The first kappa shape index (κ1) is 13.0. The number of aromatic nitrogens is 1. The van der Waals surface area contributed by atoms with Crippen molar-refractivity contribution in [2.24, 2.45) is 0 Å². The molecule has 0 fully saturated rings. The highest BCUT2D eigenvalue weighted by Crippen LogP contribution is 2.20. The van der Waals surface area contributed by atoms with Gasteiger partial charge in [-0.15, -0.1) is 0 Å². The number of hydrogen-bond acceptors (Lipinski definition) is 4. The Hall–Kier alpha value is -2.41. The average Bonchev–Trinajstić information content (AvgIpc) is 2.87. The van der Waals surface area contributed by atoms with E-state index in [0.29, 0.717) is 6.29 Å². The number of benzene rings is 1. The predicted molar refractivity (Wildman–Crippen MR) is 65.8 cm³/mol. The number of nitrogens with zero attached hydrogens (tertiary/aromatic N) is 1. The van der Waals surface area contributed by atoms with E-state index in [2.05, 4.69) is 0 Å². The molecule has 1 heterocycles. The SMILES string of the molecule is O=Cc1cccn1S(=O)(=O)c1ccccc1C(=O)O. The van der Waals surface area contributed by atoms with Gasteiger partial charge >= 0.3 is 5.97 Å². The van der Waals surface area contributed by atoms with E-state index in [1.807, 2.05) is 0 Å². The standard InChI is InChI=1S/C12H9NO5S/c14-8-9-4-3-7-13(9)19(17,18)11-6-2-1-5-10(11)12(15)16/h1-8H,(H,15,16). The van der Waals surface area contributed by atoms with E-state index in [4.69, 9.17) is 5.11 Å². The van der Waals surface area contributed by atoms with E-state index in [-0.39, 0.29) is 16.2 Å². The van der Waals surface area contributed by atoms with Crippen molar-refractivity contribution in [1.82, 2.24) is 3.97 Å². The highest BCUT2D eigenvalue weighted by atomic mass is 32.2. The molecule has 0 radical (unpaired) electrons. The number of aromatic carboxylic acids is 1. The molecule has 1 aromatic carbocycles. The summed E-state index contributed by atoms with van der Waals surface area (Å²) in [5, 5.41) is 9.01. The van der Waals surface area contributed by atoms with Crippen LogP contribution < -0.4 is 0 Å². The van der Waals surface area contributed by atoms with Crippen LogP contribution in [0.5, 0.6) is 0 Å². The summed E-state index contributed by atoms with van der Waals surface area (Å²) in [5.74, 6) is -1.35. The van der Waals surface area contributed by atoms with Crippen molar-refractivity contribution in [2.75, 3.05) is 0 Å². The fourth-order valence-corrected chi connectivity index (χ4v) is 3.17. The molecule has 6 nitrogen and oxygen atoms in total. The third-order valence-electron chi connectivity index (χ3n) is 2.52. The summed E-state index contributed by atoms with van der Waals surface area (Å²) in [7, 11) is -4.11. The van der Waals surface area contributed by atoms with Crippen LogP contribution in [0.15, 0.2) is 47.5 Å². The fourth-order valence-electron chi connectivity index (χ4n) is 1.66. The first-order valence-electron chi connectivity index (χ1n) is 5.19. The van der Waals surface area contributed by atoms with Crippen LogP contribution in [0, 0.1) is 0 Å². The molecule has 98 valence electrons. The van der Waals surface area contributed by atoms with Crippen LogP contribution in [0.25, 0.3) is 0 Å². The Labute approximate surface area is 109 Å². The Bertz CT molecular complexity index is 745. The maximum atomic E-state index is 12.3. The van der Waals surface area contributed by atoms with Gasteiger partial charge in [0.2, 0.25) is 0 Å². The van der Waals surface area contributed by atoms with E-state index in [0.717, 1.165) is 3.97 Å². The van der Waals surface area contributed by atoms with Crippen LogP contribution in [0.3, 0.4) is 0 Å². The number of hydrogen-bond donors (Lipinski definition) is 1. The number of aldehydes is 1. The number of carboxylic acids is 1. The zero-order chi connectivity index (χ0) is 14.0. The van der Waals surface area contributed by atoms with Gasteiger partial charge in [-0.2, -0.15) is 0 Å². The Morgan fingerprint density at radius 3 is 2.47 bits per heavy atom. The molecule has 1 N–H and O–H groups in total. The molecule has 2 aromatic rings. The molecule has 0 saturated heterocycles. The first-order valence-corrected chi connectivity index (χ1v) is 6.63. The van der Waals surface area contributed by atoms with Crippen molar-refractivity contribution < 1.29 is 23.1 Å². The monoisotopic (exact) mass is 279 g/mol. The van der Waals surface area contributed by atoms with E-state index >= 15 is 0 Å². The Morgan fingerprint density at radius 1 is 1.16 bits per heavy atom. The van der Waals surface area contributed by atoms with Crippen LogP contribution in [-0.2, 0) is 10.0 Å². The quantitative estimate of drug-likeness (QED) is 0.850. The van der Waals surface area contributed by atoms with Gasteiger partial charge in [-0.3, -0.25) is 4.79 Å². The first-order chi connectivity index (χ1) is 8.98. The molecule has 0 saturated carbocycles. The summed E-state index contributed by atoms with van der Waals surface area (Å²) >= 11 is 0. The normalized spacial score (nSPS) is 11.2. The number of rotatable bonds is 4. The van der Waals surface area contributed by atoms with Crippen LogP contribution in [0.2, 0.25) is 0 Å². The minimum absolute atomic E-state index is 0.0693. The van der Waals surface area contributed by atoms with Gasteiger partial charge in [0.1, 0.15) is 4.90 Å². The van der Waals surface area contributed by atoms with Gasteiger partial charge < -0.3 is 5.11 Å². The molecule has 0 atom stereocenters. The lowest BCUT2D eigenvalue weighted by molar-refractivity contribution is 0.0692. The summed E-state index contributed by atoms with van der Waals surface area (Å²) < 4.78 is 25.4. The second kappa shape index (κ2) is 4.69. The van der Waals surface area contributed by atoms with Crippen molar-refractivity contribution in [1.29, 1.82) is 0 Å². The summed E-state index contributed by atoms with van der Waals surface area (Å²) in [6, 6.07) is 7.95. The topological polar surface area (TPSA) is 93.4 Å². The number of carboxylic acid groups (broad SMARTS) is 1. The third-order valence-corrected chi connectivity index (χ3v) is 4.28. The lowest BCUT2D eigenvalue weighted by atomic mass is 10.2. The van der Waals surface area contributed by atoms with E-state index in [1.54, 1.807) is 0 Å². The number of carbonyl (C=O) groups is 2. The molecule has 0 bridgehead atoms. The van der Waals surface area contributed by atoms with Gasteiger partial charge in [0, 0.05) is 6.20 Å². The summed E-state index contributed by atoms with van der Waals surface area (Å²) in [6.07, 6.45) is 1.58. The Balaban J connectivity index is 2.71.